The van der Waals surface area contributed by atoms with Gasteiger partial charge in [0, 0.05) is 36.8 Å². The van der Waals surface area contributed by atoms with Crippen LogP contribution in [0.4, 0.5) is 13.2 Å². The molecule has 1 unspecified atom stereocenters. The predicted octanol–water partition coefficient (Wildman–Crippen LogP) is 3.71. The summed E-state index contributed by atoms with van der Waals surface area (Å²) < 4.78 is 79.0. The minimum atomic E-state index is -3.77. The van der Waals surface area contributed by atoms with E-state index in [0.29, 0.717) is 11.1 Å². The summed E-state index contributed by atoms with van der Waals surface area (Å²) in [6, 6.07) is 6.45. The highest BCUT2D eigenvalue weighted by Gasteiger charge is 2.43. The molecular formula is C23H20F3NO5S. The highest BCUT2D eigenvalue weighted by molar-refractivity contribution is 7.90. The number of hydrogen-bond acceptors (Lipinski definition) is 6. The fraction of sp³-hybridized carbons (Fsp3) is 0.391. The molecule has 0 fully saturated rings. The van der Waals surface area contributed by atoms with Crippen LogP contribution in [0, 0.1) is 17.1 Å². The van der Waals surface area contributed by atoms with E-state index < -0.39 is 45.8 Å². The van der Waals surface area contributed by atoms with Crippen LogP contribution < -0.4 is 0 Å². The maximum absolute atomic E-state index is 15.0. The van der Waals surface area contributed by atoms with E-state index in [1.165, 1.54) is 19.2 Å². The molecule has 10 heteroatoms. The summed E-state index contributed by atoms with van der Waals surface area (Å²) in [4.78, 5) is 12.3. The molecular weight excluding hydrogens is 459 g/mol. The number of carbonyl (C=O) groups is 1. The topological polar surface area (TPSA) is 93.5 Å². The van der Waals surface area contributed by atoms with Gasteiger partial charge in [0.25, 0.3) is 0 Å². The molecule has 4 rings (SSSR count). The lowest BCUT2D eigenvalue weighted by atomic mass is 9.74. The largest absolute Gasteiger partial charge is 0.359 e. The molecule has 0 N–H and O–H groups in total. The van der Waals surface area contributed by atoms with E-state index in [9.17, 15) is 27.3 Å². The standard InChI is InChI=1S/C23H20F3NO5S/c1-31-10-32-23-18(26)8-15-13(3-4-19(21(15)23)33(2,29)30)14-7-17(25)22(28)16-6-12(24)5-11(9-27)20(14)16/h3-6,14,17-18,23H,7-8,10H2,1-2H3/t14-,17?,18-,23-/m1/s1. The number of halogens is 3. The molecule has 4 atom stereocenters. The molecule has 0 spiro atoms. The van der Waals surface area contributed by atoms with Gasteiger partial charge < -0.3 is 9.47 Å². The Morgan fingerprint density at radius 2 is 1.94 bits per heavy atom. The van der Waals surface area contributed by atoms with E-state index >= 15 is 4.39 Å². The molecule has 6 nitrogen and oxygen atoms in total. The second kappa shape index (κ2) is 8.56. The molecule has 0 bridgehead atoms. The highest BCUT2D eigenvalue weighted by atomic mass is 32.2. The zero-order chi connectivity index (χ0) is 24.1. The van der Waals surface area contributed by atoms with Gasteiger partial charge in [0.1, 0.15) is 24.9 Å². The van der Waals surface area contributed by atoms with Crippen LogP contribution in [0.3, 0.4) is 0 Å². The predicted molar refractivity (Wildman–Crippen MR) is 111 cm³/mol. The lowest BCUT2D eigenvalue weighted by molar-refractivity contribution is -0.0939. The molecule has 2 aromatic rings. The van der Waals surface area contributed by atoms with Gasteiger partial charge in [-0.3, -0.25) is 4.79 Å². The Morgan fingerprint density at radius 1 is 1.21 bits per heavy atom. The molecule has 0 radical (unpaired) electrons. The molecule has 0 saturated carbocycles. The minimum absolute atomic E-state index is 0.119. The zero-order valence-corrected chi connectivity index (χ0v) is 18.6. The van der Waals surface area contributed by atoms with Crippen LogP contribution >= 0.6 is 0 Å². The molecule has 33 heavy (non-hydrogen) atoms. The zero-order valence-electron chi connectivity index (χ0n) is 17.8. The number of hydrogen-bond donors (Lipinski definition) is 0. The number of rotatable bonds is 5. The normalized spacial score (nSPS) is 24.3. The van der Waals surface area contributed by atoms with Crippen LogP contribution in [-0.2, 0) is 25.7 Å². The molecule has 0 aromatic heterocycles. The van der Waals surface area contributed by atoms with Crippen molar-refractivity contribution in [3.63, 3.8) is 0 Å². The molecule has 0 aliphatic heterocycles. The smallest absolute Gasteiger partial charge is 0.197 e. The number of nitrogens with zero attached hydrogens (tertiary/aromatic N) is 1. The van der Waals surface area contributed by atoms with Crippen molar-refractivity contribution >= 4 is 15.6 Å². The summed E-state index contributed by atoms with van der Waals surface area (Å²) in [6.45, 7) is -0.275. The number of benzene rings is 2. The fourth-order valence-corrected chi connectivity index (χ4v) is 5.79. The SMILES string of the molecule is COCO[C@H]1c2c(S(C)(=O)=O)ccc([C@H]3CC(F)C(=O)c4cc(F)cc(C#N)c43)c2C[C@H]1F. The first-order valence-corrected chi connectivity index (χ1v) is 12.0. The Hall–Kier alpha value is -2.74. The maximum atomic E-state index is 15.0. The first kappa shape index (κ1) is 23.4. The summed E-state index contributed by atoms with van der Waals surface area (Å²) in [5, 5.41) is 9.57. The molecule has 174 valence electrons. The minimum Gasteiger partial charge on any atom is -0.359 e. The van der Waals surface area contributed by atoms with Gasteiger partial charge in [-0.1, -0.05) is 6.07 Å². The molecule has 2 aromatic carbocycles. The second-order valence-electron chi connectivity index (χ2n) is 8.18. The lowest BCUT2D eigenvalue weighted by Gasteiger charge is -2.30. The Bertz CT molecular complexity index is 1290. The van der Waals surface area contributed by atoms with Gasteiger partial charge in [-0.05, 0) is 41.3 Å². The number of ether oxygens (including phenoxy) is 2. The first-order valence-electron chi connectivity index (χ1n) is 10.1. The Kier molecular flexibility index (Phi) is 6.07. The van der Waals surface area contributed by atoms with Gasteiger partial charge >= 0.3 is 0 Å². The van der Waals surface area contributed by atoms with Crippen molar-refractivity contribution in [3.05, 3.63) is 63.5 Å². The van der Waals surface area contributed by atoms with Crippen molar-refractivity contribution in [2.24, 2.45) is 0 Å². The highest BCUT2D eigenvalue weighted by Crippen LogP contribution is 2.48. The van der Waals surface area contributed by atoms with Crippen LogP contribution in [0.15, 0.2) is 29.2 Å². The summed E-state index contributed by atoms with van der Waals surface area (Å²) >= 11 is 0. The molecule has 2 aliphatic rings. The first-order chi connectivity index (χ1) is 15.6. The van der Waals surface area contributed by atoms with Crippen molar-refractivity contribution in [2.45, 2.75) is 42.1 Å². The molecule has 2 aliphatic carbocycles. The van der Waals surface area contributed by atoms with Gasteiger partial charge in [0.2, 0.25) is 0 Å². The number of methoxy groups -OCH3 is 1. The van der Waals surface area contributed by atoms with E-state index in [1.807, 2.05) is 6.07 Å². The number of nitriles is 1. The van der Waals surface area contributed by atoms with Crippen LogP contribution in [-0.4, -0.2) is 46.7 Å². The van der Waals surface area contributed by atoms with Gasteiger partial charge in [-0.15, -0.1) is 0 Å². The number of alkyl halides is 2. The van der Waals surface area contributed by atoms with E-state index in [4.69, 9.17) is 9.47 Å². The molecule has 0 heterocycles. The number of fused-ring (bicyclic) bond motifs is 2. The van der Waals surface area contributed by atoms with E-state index in [-0.39, 0.29) is 46.8 Å². The number of Topliss-reactive ketones (excluding diaryl/α,β-unsaturated/α-hetero) is 1. The van der Waals surface area contributed by atoms with Crippen LogP contribution in [0.5, 0.6) is 0 Å². The van der Waals surface area contributed by atoms with E-state index in [0.717, 1.165) is 18.4 Å². The quantitative estimate of drug-likeness (QED) is 0.607. The van der Waals surface area contributed by atoms with Crippen LogP contribution in [0.2, 0.25) is 0 Å². The number of sulfone groups is 1. The Morgan fingerprint density at radius 3 is 2.58 bits per heavy atom. The summed E-state index contributed by atoms with van der Waals surface area (Å²) in [7, 11) is -2.43. The van der Waals surface area contributed by atoms with Crippen molar-refractivity contribution < 1.29 is 35.9 Å². The number of ketones is 1. The molecule has 0 amide bonds. The van der Waals surface area contributed by atoms with Crippen LogP contribution in [0.1, 0.15) is 56.6 Å². The number of carbonyl (C=O) groups excluding carboxylic acids is 1. The van der Waals surface area contributed by atoms with E-state index in [2.05, 4.69) is 0 Å². The van der Waals surface area contributed by atoms with Gasteiger partial charge in [0.05, 0.1) is 16.5 Å². The second-order valence-corrected chi connectivity index (χ2v) is 10.2. The third kappa shape index (κ3) is 3.94. The monoisotopic (exact) mass is 479 g/mol. The third-order valence-corrected chi connectivity index (χ3v) is 7.27. The fourth-order valence-electron chi connectivity index (χ4n) is 4.83. The lowest BCUT2D eigenvalue weighted by Crippen LogP contribution is -2.29. The van der Waals surface area contributed by atoms with Crippen molar-refractivity contribution in [2.75, 3.05) is 20.2 Å². The van der Waals surface area contributed by atoms with Gasteiger partial charge in [-0.2, -0.15) is 5.26 Å². The average molecular weight is 479 g/mol. The van der Waals surface area contributed by atoms with Crippen molar-refractivity contribution in [1.82, 2.24) is 0 Å². The Balaban J connectivity index is 1.98. The van der Waals surface area contributed by atoms with Gasteiger partial charge in [0.15, 0.2) is 21.8 Å². The van der Waals surface area contributed by atoms with Crippen molar-refractivity contribution in [3.8, 4) is 6.07 Å². The Labute approximate surface area is 188 Å². The van der Waals surface area contributed by atoms with Crippen LogP contribution in [0.25, 0.3) is 0 Å². The van der Waals surface area contributed by atoms with Crippen molar-refractivity contribution in [1.29, 1.82) is 5.26 Å². The van der Waals surface area contributed by atoms with Gasteiger partial charge in [-0.25, -0.2) is 21.6 Å². The summed E-state index contributed by atoms with van der Waals surface area (Å²) in [6.07, 6.45) is -4.32. The molecule has 0 saturated heterocycles. The maximum Gasteiger partial charge on any atom is 0.197 e. The third-order valence-electron chi connectivity index (χ3n) is 6.11. The van der Waals surface area contributed by atoms with E-state index in [1.54, 1.807) is 0 Å². The summed E-state index contributed by atoms with van der Waals surface area (Å²) in [5.41, 5.74) is 0.606. The summed E-state index contributed by atoms with van der Waals surface area (Å²) in [5.74, 6) is -2.65. The average Bonchev–Trinajstić information content (AvgIpc) is 3.08.